The van der Waals surface area contributed by atoms with Gasteiger partial charge in [0.05, 0.1) is 11.1 Å². The molecule has 2 aliphatic heterocycles. The fourth-order valence-electron chi connectivity index (χ4n) is 4.45. The van der Waals surface area contributed by atoms with E-state index in [2.05, 4.69) is 11.8 Å². The van der Waals surface area contributed by atoms with E-state index in [9.17, 15) is 19.2 Å². The number of fused-ring (bicyclic) bond motifs is 1. The summed E-state index contributed by atoms with van der Waals surface area (Å²) >= 11 is 0. The normalized spacial score (nSPS) is 17.9. The molecule has 2 heterocycles. The molecule has 0 saturated carbocycles. The van der Waals surface area contributed by atoms with Crippen molar-refractivity contribution < 1.29 is 23.9 Å². The molecule has 4 rings (SSSR count). The van der Waals surface area contributed by atoms with Crippen molar-refractivity contribution in [3.63, 3.8) is 0 Å². The van der Waals surface area contributed by atoms with Gasteiger partial charge in [0.15, 0.2) is 6.10 Å². The summed E-state index contributed by atoms with van der Waals surface area (Å²) in [5, 5.41) is 0. The zero-order valence-electron chi connectivity index (χ0n) is 19.5. The number of carbonyl (C=O) groups is 4. The van der Waals surface area contributed by atoms with Crippen LogP contribution in [0.15, 0.2) is 54.6 Å². The van der Waals surface area contributed by atoms with Crippen LogP contribution < -0.4 is 0 Å². The van der Waals surface area contributed by atoms with Gasteiger partial charge in [0, 0.05) is 32.6 Å². The van der Waals surface area contributed by atoms with Crippen LogP contribution in [0.5, 0.6) is 0 Å². The lowest BCUT2D eigenvalue weighted by Crippen LogP contribution is -2.53. The second-order valence-electron chi connectivity index (χ2n) is 8.57. The Balaban J connectivity index is 1.52. The van der Waals surface area contributed by atoms with E-state index in [1.807, 2.05) is 30.3 Å². The number of ether oxygens (including phenoxy) is 1. The van der Waals surface area contributed by atoms with Crippen molar-refractivity contribution in [1.29, 1.82) is 0 Å². The molecule has 2 aromatic rings. The van der Waals surface area contributed by atoms with E-state index in [1.54, 1.807) is 29.2 Å². The van der Waals surface area contributed by atoms with Crippen LogP contribution in [-0.4, -0.2) is 83.3 Å². The molecule has 2 atom stereocenters. The van der Waals surface area contributed by atoms with Gasteiger partial charge in [-0.15, -0.1) is 0 Å². The number of likely N-dealkylation sites (N-methyl/N-ethyl adjacent to an activating group) is 1. The number of imide groups is 1. The molecule has 178 valence electrons. The monoisotopic (exact) mass is 463 g/mol. The number of hydrogen-bond donors (Lipinski definition) is 0. The molecule has 2 aliphatic rings. The number of hydrogen-bond acceptors (Lipinski definition) is 6. The predicted molar refractivity (Wildman–Crippen MR) is 125 cm³/mol. The first kappa shape index (κ1) is 23.6. The summed E-state index contributed by atoms with van der Waals surface area (Å²) in [6.07, 6.45) is -0.921. The molecular weight excluding hydrogens is 434 g/mol. The zero-order valence-corrected chi connectivity index (χ0v) is 19.5. The van der Waals surface area contributed by atoms with Gasteiger partial charge < -0.3 is 14.5 Å². The van der Waals surface area contributed by atoms with E-state index in [4.69, 9.17) is 4.74 Å². The molecule has 0 radical (unpaired) electrons. The van der Waals surface area contributed by atoms with E-state index in [0.29, 0.717) is 13.1 Å². The van der Waals surface area contributed by atoms with E-state index >= 15 is 0 Å². The fraction of sp³-hybridized carbons (Fsp3) is 0.385. The van der Waals surface area contributed by atoms with Crippen LogP contribution in [-0.2, 0) is 20.7 Å². The Morgan fingerprint density at radius 2 is 1.44 bits per heavy atom. The quantitative estimate of drug-likeness (QED) is 0.461. The first-order valence-electron chi connectivity index (χ1n) is 11.6. The molecule has 0 N–H and O–H groups in total. The van der Waals surface area contributed by atoms with Gasteiger partial charge in [-0.05, 0) is 31.2 Å². The molecule has 2 aromatic carbocycles. The lowest BCUT2D eigenvalue weighted by molar-refractivity contribution is -0.162. The van der Waals surface area contributed by atoms with Gasteiger partial charge >= 0.3 is 5.97 Å². The largest absolute Gasteiger partial charge is 0.451 e. The van der Waals surface area contributed by atoms with Crippen molar-refractivity contribution in [2.24, 2.45) is 0 Å². The van der Waals surface area contributed by atoms with E-state index in [0.717, 1.165) is 30.1 Å². The van der Waals surface area contributed by atoms with Crippen LogP contribution in [0.2, 0.25) is 0 Å². The Labute approximate surface area is 199 Å². The number of carbonyl (C=O) groups excluding carboxylic acids is 4. The van der Waals surface area contributed by atoms with Crippen LogP contribution in [0.3, 0.4) is 0 Å². The van der Waals surface area contributed by atoms with Gasteiger partial charge in [-0.2, -0.15) is 0 Å². The molecule has 0 aromatic heterocycles. The highest BCUT2D eigenvalue weighted by molar-refractivity contribution is 6.22. The van der Waals surface area contributed by atoms with Gasteiger partial charge in [-0.3, -0.25) is 19.3 Å². The van der Waals surface area contributed by atoms with Crippen LogP contribution in [0.1, 0.15) is 40.1 Å². The maximum absolute atomic E-state index is 13.3. The van der Waals surface area contributed by atoms with Crippen molar-refractivity contribution in [3.05, 3.63) is 71.3 Å². The molecule has 1 fully saturated rings. The second kappa shape index (κ2) is 10.2. The van der Waals surface area contributed by atoms with Crippen molar-refractivity contribution in [2.75, 3.05) is 32.7 Å². The Morgan fingerprint density at radius 3 is 2.00 bits per heavy atom. The first-order valence-corrected chi connectivity index (χ1v) is 11.6. The summed E-state index contributed by atoms with van der Waals surface area (Å²) in [5.41, 5.74) is 1.29. The molecular formula is C26H29N3O5. The average molecular weight is 464 g/mol. The average Bonchev–Trinajstić information content (AvgIpc) is 3.12. The van der Waals surface area contributed by atoms with E-state index in [-0.39, 0.29) is 23.5 Å². The third-order valence-corrected chi connectivity index (χ3v) is 6.45. The standard InChI is InChI=1S/C26H29N3O5/c1-3-27-13-15-28(16-14-27)23(30)18(2)34-26(33)22(17-19-9-5-4-6-10-19)29-24(31)20-11-7-8-12-21(20)25(29)32/h4-12,18,22H,3,13-17H2,1-2H3/t18-,22-/m0/s1. The molecule has 3 amide bonds. The summed E-state index contributed by atoms with van der Waals surface area (Å²) < 4.78 is 5.57. The van der Waals surface area contributed by atoms with Gasteiger partial charge in [-0.1, -0.05) is 49.4 Å². The van der Waals surface area contributed by atoms with Gasteiger partial charge in [-0.25, -0.2) is 4.79 Å². The fourth-order valence-corrected chi connectivity index (χ4v) is 4.45. The van der Waals surface area contributed by atoms with Crippen LogP contribution in [0.25, 0.3) is 0 Å². The molecule has 0 unspecified atom stereocenters. The Kier molecular flexibility index (Phi) is 7.07. The number of benzene rings is 2. The van der Waals surface area contributed by atoms with E-state index < -0.39 is 29.9 Å². The summed E-state index contributed by atoms with van der Waals surface area (Å²) in [6.45, 7) is 7.22. The van der Waals surface area contributed by atoms with Crippen LogP contribution in [0.4, 0.5) is 0 Å². The zero-order chi connectivity index (χ0) is 24.2. The maximum Gasteiger partial charge on any atom is 0.330 e. The molecule has 0 bridgehead atoms. The van der Waals surface area contributed by atoms with Gasteiger partial charge in [0.1, 0.15) is 6.04 Å². The van der Waals surface area contributed by atoms with Crippen LogP contribution >= 0.6 is 0 Å². The lowest BCUT2D eigenvalue weighted by Gasteiger charge is -2.35. The Morgan fingerprint density at radius 1 is 0.882 bits per heavy atom. The third-order valence-electron chi connectivity index (χ3n) is 6.45. The maximum atomic E-state index is 13.3. The molecule has 0 spiro atoms. The number of piperazine rings is 1. The number of nitrogens with zero attached hydrogens (tertiary/aromatic N) is 3. The smallest absolute Gasteiger partial charge is 0.330 e. The van der Waals surface area contributed by atoms with Gasteiger partial charge in [0.2, 0.25) is 0 Å². The minimum absolute atomic E-state index is 0.0984. The highest BCUT2D eigenvalue weighted by Crippen LogP contribution is 2.27. The number of amides is 3. The SMILES string of the molecule is CCN1CCN(C(=O)[C@H](C)OC(=O)[C@H](Cc2ccccc2)N2C(=O)c3ccccc3C2=O)CC1. The summed E-state index contributed by atoms with van der Waals surface area (Å²) in [7, 11) is 0. The Hall–Kier alpha value is -3.52. The minimum atomic E-state index is -1.18. The topological polar surface area (TPSA) is 87.2 Å². The highest BCUT2D eigenvalue weighted by Gasteiger charge is 2.44. The minimum Gasteiger partial charge on any atom is -0.451 e. The van der Waals surface area contributed by atoms with Crippen LogP contribution in [0, 0.1) is 0 Å². The number of esters is 1. The van der Waals surface area contributed by atoms with Crippen molar-refractivity contribution >= 4 is 23.7 Å². The molecule has 0 aliphatic carbocycles. The number of rotatable bonds is 7. The molecule has 34 heavy (non-hydrogen) atoms. The van der Waals surface area contributed by atoms with Crippen molar-refractivity contribution in [2.45, 2.75) is 32.4 Å². The van der Waals surface area contributed by atoms with E-state index in [1.165, 1.54) is 6.92 Å². The summed E-state index contributed by atoms with van der Waals surface area (Å²) in [5.74, 6) is -2.11. The highest BCUT2D eigenvalue weighted by atomic mass is 16.5. The Bertz CT molecular complexity index is 1040. The summed E-state index contributed by atoms with van der Waals surface area (Å²) in [4.78, 5) is 57.3. The molecule has 8 heteroatoms. The van der Waals surface area contributed by atoms with Crippen molar-refractivity contribution in [1.82, 2.24) is 14.7 Å². The predicted octanol–water partition coefficient (Wildman–Crippen LogP) is 1.99. The molecule has 1 saturated heterocycles. The first-order chi connectivity index (χ1) is 16.4. The lowest BCUT2D eigenvalue weighted by atomic mass is 10.0. The second-order valence-corrected chi connectivity index (χ2v) is 8.57. The van der Waals surface area contributed by atoms with Gasteiger partial charge in [0.25, 0.3) is 17.7 Å². The van der Waals surface area contributed by atoms with Crippen molar-refractivity contribution in [3.8, 4) is 0 Å². The third kappa shape index (κ3) is 4.72. The summed E-state index contributed by atoms with van der Waals surface area (Å²) in [6, 6.07) is 14.4. The molecule has 8 nitrogen and oxygen atoms in total.